The van der Waals surface area contributed by atoms with E-state index in [1.54, 1.807) is 38.2 Å². The molecular weight excluding hydrogens is 438 g/mol. The maximum Gasteiger partial charge on any atom is 0.331 e. The summed E-state index contributed by atoms with van der Waals surface area (Å²) in [4.78, 5) is 30.3. The number of fused-ring (bicyclic) bond motifs is 1. The quantitative estimate of drug-likeness (QED) is 0.484. The molecule has 0 radical (unpaired) electrons. The van der Waals surface area contributed by atoms with Crippen LogP contribution in [-0.2, 0) is 19.1 Å². The fourth-order valence-corrected chi connectivity index (χ4v) is 5.11. The first-order chi connectivity index (χ1) is 15.5. The van der Waals surface area contributed by atoms with Gasteiger partial charge in [0, 0.05) is 29.2 Å². The number of hydrogen-bond acceptors (Lipinski definition) is 7. The summed E-state index contributed by atoms with van der Waals surface area (Å²) >= 11 is 1.58. The molecule has 3 rings (SSSR count). The van der Waals surface area contributed by atoms with Crippen LogP contribution in [0.15, 0.2) is 23.1 Å². The van der Waals surface area contributed by atoms with E-state index in [1.165, 1.54) is 6.08 Å². The topological polar surface area (TPSA) is 89.0 Å². The third-order valence-electron chi connectivity index (χ3n) is 6.84. The number of rotatable bonds is 2. The monoisotopic (exact) mass is 475 g/mol. The molecule has 2 aliphatic heterocycles. The third-order valence-corrected chi connectivity index (χ3v) is 7.63. The molecule has 7 heteroatoms. The highest BCUT2D eigenvalue weighted by Gasteiger charge is 2.41. The average molecular weight is 476 g/mol. The summed E-state index contributed by atoms with van der Waals surface area (Å²) in [7, 11) is 0. The molecule has 2 aliphatic rings. The van der Waals surface area contributed by atoms with E-state index in [1.807, 2.05) is 32.2 Å². The number of ether oxygens (including phenoxy) is 2. The smallest absolute Gasteiger partial charge is 0.331 e. The Morgan fingerprint density at radius 1 is 1.24 bits per heavy atom. The van der Waals surface area contributed by atoms with Crippen LogP contribution in [0.5, 0.6) is 0 Å². The van der Waals surface area contributed by atoms with Gasteiger partial charge in [0.15, 0.2) is 0 Å². The number of Topliss-reactive ketones (excluding diaryl/α,β-unsaturated/α-hetero) is 1. The molecule has 6 nitrogen and oxygen atoms in total. The zero-order valence-corrected chi connectivity index (χ0v) is 21.4. The molecule has 1 fully saturated rings. The van der Waals surface area contributed by atoms with E-state index in [9.17, 15) is 14.7 Å². The number of aliphatic hydroxyl groups is 1. The number of carbonyl (C=O) groups excluding carboxylic acids is 2. The Hall–Kier alpha value is -1.83. The maximum absolute atomic E-state index is 13.1. The van der Waals surface area contributed by atoms with Gasteiger partial charge in [-0.3, -0.25) is 4.79 Å². The van der Waals surface area contributed by atoms with Crippen molar-refractivity contribution in [1.29, 1.82) is 0 Å². The molecule has 1 saturated heterocycles. The number of aryl methyl sites for hydroxylation is 1. The Labute approximate surface area is 201 Å². The SMILES string of the molecule is C/C(=C\c1csc(C)n1)[C@@H]1C[C@H]2O[C@@H]2CCC[C@H](C)[C@@H](O)[C@H](C)C(=O)C(C)(C)/C=C/C(=O)O1. The van der Waals surface area contributed by atoms with Crippen molar-refractivity contribution in [3.05, 3.63) is 33.8 Å². The second-order valence-electron chi connectivity index (χ2n) is 10.2. The summed E-state index contributed by atoms with van der Waals surface area (Å²) < 4.78 is 11.7. The van der Waals surface area contributed by atoms with Gasteiger partial charge in [-0.15, -0.1) is 11.3 Å². The minimum atomic E-state index is -0.889. The van der Waals surface area contributed by atoms with Crippen molar-refractivity contribution in [2.75, 3.05) is 0 Å². The molecule has 0 aromatic carbocycles. The molecule has 1 aromatic rings. The van der Waals surface area contributed by atoms with Crippen molar-refractivity contribution in [1.82, 2.24) is 4.98 Å². The van der Waals surface area contributed by atoms with Crippen molar-refractivity contribution in [3.63, 3.8) is 0 Å². The van der Waals surface area contributed by atoms with Gasteiger partial charge in [0.2, 0.25) is 0 Å². The minimum absolute atomic E-state index is 0.0123. The number of cyclic esters (lactones) is 1. The first-order valence-electron chi connectivity index (χ1n) is 11.9. The minimum Gasteiger partial charge on any atom is -0.455 e. The Morgan fingerprint density at radius 3 is 2.64 bits per heavy atom. The van der Waals surface area contributed by atoms with E-state index in [0.717, 1.165) is 35.5 Å². The summed E-state index contributed by atoms with van der Waals surface area (Å²) in [6.45, 7) is 11.2. The van der Waals surface area contributed by atoms with Crippen LogP contribution in [0, 0.1) is 24.2 Å². The van der Waals surface area contributed by atoms with Gasteiger partial charge in [-0.1, -0.05) is 26.3 Å². The van der Waals surface area contributed by atoms with E-state index in [4.69, 9.17) is 9.47 Å². The van der Waals surface area contributed by atoms with Crippen LogP contribution in [0.1, 0.15) is 71.0 Å². The Bertz CT molecular complexity index is 918. The number of hydrogen-bond donors (Lipinski definition) is 1. The largest absolute Gasteiger partial charge is 0.455 e. The van der Waals surface area contributed by atoms with Gasteiger partial charge in [-0.2, -0.15) is 0 Å². The molecule has 182 valence electrons. The summed E-state index contributed by atoms with van der Waals surface area (Å²) in [5, 5.41) is 13.7. The molecule has 0 bridgehead atoms. The Kier molecular flexibility index (Phi) is 8.30. The molecule has 0 amide bonds. The summed E-state index contributed by atoms with van der Waals surface area (Å²) in [6.07, 6.45) is 7.18. The van der Waals surface area contributed by atoms with Gasteiger partial charge >= 0.3 is 5.97 Å². The first kappa shape index (κ1) is 25.8. The molecule has 33 heavy (non-hydrogen) atoms. The van der Waals surface area contributed by atoms with Crippen molar-refractivity contribution >= 4 is 29.2 Å². The number of aliphatic hydroxyl groups excluding tert-OH is 1. The molecule has 0 aliphatic carbocycles. The van der Waals surface area contributed by atoms with Crippen LogP contribution in [0.2, 0.25) is 0 Å². The maximum atomic E-state index is 13.1. The lowest BCUT2D eigenvalue weighted by Crippen LogP contribution is -2.38. The van der Waals surface area contributed by atoms with Crippen LogP contribution in [0.25, 0.3) is 6.08 Å². The normalized spacial score (nSPS) is 34.9. The number of epoxide rings is 1. The molecule has 0 unspecified atom stereocenters. The predicted molar refractivity (Wildman–Crippen MR) is 130 cm³/mol. The van der Waals surface area contributed by atoms with Crippen molar-refractivity contribution in [2.45, 2.75) is 91.6 Å². The Balaban J connectivity index is 1.82. The molecular formula is C26H37NO5S. The molecule has 1 N–H and O–H groups in total. The molecule has 0 spiro atoms. The number of thiazole rings is 1. The Morgan fingerprint density at radius 2 is 1.97 bits per heavy atom. The summed E-state index contributed by atoms with van der Waals surface area (Å²) in [5.41, 5.74) is 0.882. The molecule has 1 aromatic heterocycles. The van der Waals surface area contributed by atoms with Gasteiger partial charge in [0.25, 0.3) is 0 Å². The fourth-order valence-electron chi connectivity index (χ4n) is 4.54. The zero-order valence-electron chi connectivity index (χ0n) is 20.5. The highest BCUT2D eigenvalue weighted by molar-refractivity contribution is 7.09. The van der Waals surface area contributed by atoms with Crippen LogP contribution in [-0.4, -0.2) is 46.3 Å². The number of carbonyl (C=O) groups is 2. The number of ketones is 1. The number of allylic oxidation sites excluding steroid dienone is 1. The van der Waals surface area contributed by atoms with Crippen molar-refractivity contribution < 1.29 is 24.2 Å². The lowest BCUT2D eigenvalue weighted by atomic mass is 9.76. The van der Waals surface area contributed by atoms with E-state index < -0.39 is 29.5 Å². The predicted octanol–water partition coefficient (Wildman–Crippen LogP) is 4.89. The summed E-state index contributed by atoms with van der Waals surface area (Å²) in [6, 6.07) is 0. The van der Waals surface area contributed by atoms with Gasteiger partial charge in [-0.05, 0) is 58.1 Å². The van der Waals surface area contributed by atoms with Gasteiger partial charge in [0.1, 0.15) is 11.9 Å². The first-order valence-corrected chi connectivity index (χ1v) is 12.7. The number of aromatic nitrogens is 1. The van der Waals surface area contributed by atoms with Crippen LogP contribution in [0.3, 0.4) is 0 Å². The zero-order chi connectivity index (χ0) is 24.3. The highest BCUT2D eigenvalue weighted by Crippen LogP contribution is 2.35. The molecule has 6 atom stereocenters. The summed E-state index contributed by atoms with van der Waals surface area (Å²) in [5.74, 6) is -1.09. The third kappa shape index (κ3) is 6.84. The standard InChI is InChI=1S/C26H37NO5S/c1-15-8-7-9-20-22(31-20)13-21(16(2)12-19-14-33-18(4)27-19)32-23(28)10-11-26(5,6)25(30)17(3)24(15)29/h10-12,14-15,17,20-22,24,29H,7-9,13H2,1-6H3/b11-10+,16-12+/t15-,17-,20+,21-,22+,24+/m0/s1. The van der Waals surface area contributed by atoms with E-state index in [-0.39, 0.29) is 23.9 Å². The van der Waals surface area contributed by atoms with Crippen LogP contribution < -0.4 is 0 Å². The number of nitrogens with zero attached hydrogens (tertiary/aromatic N) is 1. The van der Waals surface area contributed by atoms with Crippen molar-refractivity contribution in [2.24, 2.45) is 17.3 Å². The number of esters is 1. The fraction of sp³-hybridized carbons (Fsp3) is 0.654. The van der Waals surface area contributed by atoms with Crippen LogP contribution in [0.4, 0.5) is 0 Å². The average Bonchev–Trinajstić information content (AvgIpc) is 3.37. The second-order valence-corrected chi connectivity index (χ2v) is 11.2. The lowest BCUT2D eigenvalue weighted by Gasteiger charge is -2.29. The lowest BCUT2D eigenvalue weighted by molar-refractivity contribution is -0.141. The van der Waals surface area contributed by atoms with E-state index in [0.29, 0.717) is 6.42 Å². The highest BCUT2D eigenvalue weighted by atomic mass is 32.1. The van der Waals surface area contributed by atoms with E-state index >= 15 is 0 Å². The van der Waals surface area contributed by atoms with Gasteiger partial charge in [-0.25, -0.2) is 9.78 Å². The van der Waals surface area contributed by atoms with Gasteiger partial charge in [0.05, 0.1) is 29.0 Å². The molecule has 0 saturated carbocycles. The second kappa shape index (κ2) is 10.6. The molecule has 3 heterocycles. The van der Waals surface area contributed by atoms with Gasteiger partial charge < -0.3 is 14.6 Å². The van der Waals surface area contributed by atoms with E-state index in [2.05, 4.69) is 4.98 Å². The van der Waals surface area contributed by atoms with Crippen molar-refractivity contribution in [3.8, 4) is 0 Å². The van der Waals surface area contributed by atoms with Crippen LogP contribution >= 0.6 is 11.3 Å².